The zero-order valence-corrected chi connectivity index (χ0v) is 6.34. The number of fused-ring (bicyclic) bond motifs is 1. The van der Waals surface area contributed by atoms with Crippen LogP contribution < -0.4 is 4.74 Å². The zero-order chi connectivity index (χ0) is 7.68. The van der Waals surface area contributed by atoms with E-state index in [0.29, 0.717) is 6.61 Å². The molecule has 1 aliphatic heterocycles. The fourth-order valence-corrected chi connectivity index (χ4v) is 1.29. The van der Waals surface area contributed by atoms with Crippen molar-refractivity contribution in [3.05, 3.63) is 42.0 Å². The van der Waals surface area contributed by atoms with E-state index in [1.165, 1.54) is 5.56 Å². The third-order valence-corrected chi connectivity index (χ3v) is 1.84. The summed E-state index contributed by atoms with van der Waals surface area (Å²) < 4.78 is 5.44. The van der Waals surface area contributed by atoms with Crippen LogP contribution in [0.3, 0.4) is 0 Å². The minimum Gasteiger partial charge on any atom is -0.489 e. The molecule has 0 saturated heterocycles. The lowest BCUT2D eigenvalue weighted by Gasteiger charge is -2.18. The van der Waals surface area contributed by atoms with Crippen molar-refractivity contribution in [3.8, 4) is 5.75 Å². The van der Waals surface area contributed by atoms with Crippen molar-refractivity contribution in [1.29, 1.82) is 0 Å². The van der Waals surface area contributed by atoms with Gasteiger partial charge in [0.15, 0.2) is 0 Å². The van der Waals surface area contributed by atoms with Gasteiger partial charge in [0.2, 0.25) is 0 Å². The molecule has 1 heterocycles. The van der Waals surface area contributed by atoms with Crippen molar-refractivity contribution in [2.75, 3.05) is 6.61 Å². The summed E-state index contributed by atoms with van der Waals surface area (Å²) in [6.45, 7) is 4.57. The molecule has 0 N–H and O–H groups in total. The van der Waals surface area contributed by atoms with E-state index >= 15 is 0 Å². The predicted octanol–water partition coefficient (Wildman–Crippen LogP) is 2.18. The van der Waals surface area contributed by atoms with Crippen LogP contribution in [0.15, 0.2) is 36.4 Å². The van der Waals surface area contributed by atoms with Crippen LogP contribution in [-0.2, 0) is 6.42 Å². The normalized spacial score (nSPS) is 15.5. The molecule has 2 rings (SSSR count). The van der Waals surface area contributed by atoms with E-state index in [9.17, 15) is 0 Å². The Kier molecular flexibility index (Phi) is 1.42. The smallest absolute Gasteiger partial charge is 0.123 e. The van der Waals surface area contributed by atoms with E-state index < -0.39 is 0 Å². The molecule has 1 aromatic carbocycles. The second-order valence-electron chi connectivity index (χ2n) is 2.82. The lowest BCUT2D eigenvalue weighted by atomic mass is 10.0. The van der Waals surface area contributed by atoms with Crippen LogP contribution in [0.5, 0.6) is 5.75 Å². The van der Waals surface area contributed by atoms with Gasteiger partial charge >= 0.3 is 0 Å². The minimum atomic E-state index is 0.678. The monoisotopic (exact) mass is 146 g/mol. The average molecular weight is 146 g/mol. The SMILES string of the molecule is C=C1COc2ccccc2C1. The summed E-state index contributed by atoms with van der Waals surface area (Å²) in [5, 5.41) is 0. The molecule has 0 radical (unpaired) electrons. The predicted molar refractivity (Wildman–Crippen MR) is 44.8 cm³/mol. The molecule has 0 aliphatic carbocycles. The first kappa shape index (κ1) is 6.47. The van der Waals surface area contributed by atoms with Gasteiger partial charge in [-0.05, 0) is 17.2 Å². The van der Waals surface area contributed by atoms with Crippen LogP contribution >= 0.6 is 0 Å². The van der Waals surface area contributed by atoms with Gasteiger partial charge < -0.3 is 4.74 Å². The topological polar surface area (TPSA) is 9.23 Å². The third-order valence-electron chi connectivity index (χ3n) is 1.84. The van der Waals surface area contributed by atoms with Crippen LogP contribution in [-0.4, -0.2) is 6.61 Å². The molecule has 0 bridgehead atoms. The lowest BCUT2D eigenvalue weighted by molar-refractivity contribution is 0.332. The van der Waals surface area contributed by atoms with Crippen molar-refractivity contribution in [3.63, 3.8) is 0 Å². The molecule has 0 unspecified atom stereocenters. The van der Waals surface area contributed by atoms with Gasteiger partial charge in [0.25, 0.3) is 0 Å². The maximum absolute atomic E-state index is 5.44. The van der Waals surface area contributed by atoms with Crippen molar-refractivity contribution < 1.29 is 4.74 Å². The number of benzene rings is 1. The van der Waals surface area contributed by atoms with Crippen LogP contribution in [0.4, 0.5) is 0 Å². The summed E-state index contributed by atoms with van der Waals surface area (Å²) in [4.78, 5) is 0. The molecular weight excluding hydrogens is 136 g/mol. The zero-order valence-electron chi connectivity index (χ0n) is 6.34. The summed E-state index contributed by atoms with van der Waals surface area (Å²) in [6, 6.07) is 8.11. The number of hydrogen-bond donors (Lipinski definition) is 0. The van der Waals surface area contributed by atoms with E-state index in [2.05, 4.69) is 12.6 Å². The Bertz CT molecular complexity index is 289. The van der Waals surface area contributed by atoms with Crippen LogP contribution in [0.25, 0.3) is 0 Å². The van der Waals surface area contributed by atoms with Gasteiger partial charge in [0.1, 0.15) is 12.4 Å². The summed E-state index contributed by atoms with van der Waals surface area (Å²) in [6.07, 6.45) is 0.968. The Morgan fingerprint density at radius 2 is 2.09 bits per heavy atom. The van der Waals surface area contributed by atoms with Gasteiger partial charge in [-0.25, -0.2) is 0 Å². The first-order valence-corrected chi connectivity index (χ1v) is 3.73. The largest absolute Gasteiger partial charge is 0.489 e. The molecule has 0 atom stereocenters. The maximum Gasteiger partial charge on any atom is 0.123 e. The van der Waals surface area contributed by atoms with Gasteiger partial charge in [0.05, 0.1) is 0 Å². The van der Waals surface area contributed by atoms with Gasteiger partial charge in [-0.3, -0.25) is 0 Å². The quantitative estimate of drug-likeness (QED) is 0.510. The van der Waals surface area contributed by atoms with E-state index in [1.807, 2.05) is 18.2 Å². The van der Waals surface area contributed by atoms with E-state index in [0.717, 1.165) is 17.7 Å². The molecule has 0 aromatic heterocycles. The third kappa shape index (κ3) is 1.14. The Balaban J connectivity index is 2.41. The Morgan fingerprint density at radius 3 is 3.00 bits per heavy atom. The van der Waals surface area contributed by atoms with Crippen molar-refractivity contribution in [2.45, 2.75) is 6.42 Å². The van der Waals surface area contributed by atoms with E-state index in [-0.39, 0.29) is 0 Å². The molecule has 0 spiro atoms. The number of para-hydroxylation sites is 1. The second-order valence-corrected chi connectivity index (χ2v) is 2.82. The fraction of sp³-hybridized carbons (Fsp3) is 0.200. The van der Waals surface area contributed by atoms with E-state index in [4.69, 9.17) is 4.74 Å². The Hall–Kier alpha value is -1.24. The second kappa shape index (κ2) is 2.42. The summed E-state index contributed by atoms with van der Waals surface area (Å²) in [5.74, 6) is 1.01. The standard InChI is InChI=1S/C10H10O/c1-8-6-9-4-2-3-5-10(9)11-7-8/h2-5H,1,6-7H2. The molecule has 0 saturated carbocycles. The highest BCUT2D eigenvalue weighted by Crippen LogP contribution is 2.25. The molecule has 0 amide bonds. The van der Waals surface area contributed by atoms with Gasteiger partial charge in [-0.1, -0.05) is 24.8 Å². The minimum absolute atomic E-state index is 0.678. The van der Waals surface area contributed by atoms with Gasteiger partial charge in [-0.15, -0.1) is 0 Å². The summed E-state index contributed by atoms with van der Waals surface area (Å²) >= 11 is 0. The Morgan fingerprint density at radius 1 is 1.27 bits per heavy atom. The van der Waals surface area contributed by atoms with Crippen LogP contribution in [0.2, 0.25) is 0 Å². The molecule has 1 heteroatoms. The lowest BCUT2D eigenvalue weighted by Crippen LogP contribution is -2.10. The first-order valence-electron chi connectivity index (χ1n) is 3.73. The first-order chi connectivity index (χ1) is 5.36. The van der Waals surface area contributed by atoms with E-state index in [1.54, 1.807) is 0 Å². The van der Waals surface area contributed by atoms with Crippen molar-refractivity contribution >= 4 is 0 Å². The molecule has 11 heavy (non-hydrogen) atoms. The van der Waals surface area contributed by atoms with Crippen molar-refractivity contribution in [1.82, 2.24) is 0 Å². The van der Waals surface area contributed by atoms with Gasteiger partial charge in [-0.2, -0.15) is 0 Å². The van der Waals surface area contributed by atoms with Gasteiger partial charge in [0, 0.05) is 6.42 Å². The molecule has 1 aromatic rings. The van der Waals surface area contributed by atoms with Crippen LogP contribution in [0, 0.1) is 0 Å². The highest BCUT2D eigenvalue weighted by molar-refractivity contribution is 5.38. The molecule has 56 valence electrons. The molecule has 0 fully saturated rings. The number of hydrogen-bond acceptors (Lipinski definition) is 1. The maximum atomic E-state index is 5.44. The molecule has 1 nitrogen and oxygen atoms in total. The highest BCUT2D eigenvalue weighted by Gasteiger charge is 2.10. The Labute approximate surface area is 66.3 Å². The molecule has 1 aliphatic rings. The number of ether oxygens (including phenoxy) is 1. The average Bonchev–Trinajstić information content (AvgIpc) is 2.04. The number of rotatable bonds is 0. The molecular formula is C10H10O. The summed E-state index contributed by atoms with van der Waals surface area (Å²) in [5.41, 5.74) is 2.41. The van der Waals surface area contributed by atoms with Crippen molar-refractivity contribution in [2.24, 2.45) is 0 Å². The summed E-state index contributed by atoms with van der Waals surface area (Å²) in [7, 11) is 0. The highest BCUT2D eigenvalue weighted by atomic mass is 16.5. The fourth-order valence-electron chi connectivity index (χ4n) is 1.29. The van der Waals surface area contributed by atoms with Crippen LogP contribution in [0.1, 0.15) is 5.56 Å².